The summed E-state index contributed by atoms with van der Waals surface area (Å²) in [6, 6.07) is 9.35. The average molecular weight is 350 g/mol. The molecule has 0 N–H and O–H groups in total. The van der Waals surface area contributed by atoms with Crippen molar-refractivity contribution in [1.82, 2.24) is 4.90 Å². The maximum atomic E-state index is 11.9. The van der Waals surface area contributed by atoms with Gasteiger partial charge in [0, 0.05) is 18.1 Å². The van der Waals surface area contributed by atoms with Crippen LogP contribution in [0.25, 0.3) is 0 Å². The first-order valence-corrected chi connectivity index (χ1v) is 8.38. The Morgan fingerprint density at radius 2 is 2.12 bits per heavy atom. The van der Waals surface area contributed by atoms with Gasteiger partial charge >= 0.3 is 5.97 Å². The third kappa shape index (κ3) is 3.98. The van der Waals surface area contributed by atoms with E-state index >= 15 is 0 Å². The van der Waals surface area contributed by atoms with E-state index in [1.165, 1.54) is 6.26 Å². The summed E-state index contributed by atoms with van der Waals surface area (Å²) in [5.74, 6) is 0.286. The van der Waals surface area contributed by atoms with Crippen molar-refractivity contribution in [1.29, 1.82) is 0 Å². The van der Waals surface area contributed by atoms with Crippen molar-refractivity contribution in [3.63, 3.8) is 0 Å². The van der Waals surface area contributed by atoms with Crippen molar-refractivity contribution < 1.29 is 18.7 Å². The van der Waals surface area contributed by atoms with Crippen LogP contribution in [0.5, 0.6) is 0 Å². The molecule has 1 aromatic heterocycles. The van der Waals surface area contributed by atoms with Crippen molar-refractivity contribution in [2.24, 2.45) is 0 Å². The van der Waals surface area contributed by atoms with E-state index in [-0.39, 0.29) is 12.1 Å². The van der Waals surface area contributed by atoms with E-state index in [0.717, 1.165) is 18.7 Å². The number of furan rings is 1. The van der Waals surface area contributed by atoms with Crippen LogP contribution < -0.4 is 0 Å². The highest BCUT2D eigenvalue weighted by molar-refractivity contribution is 6.30. The molecular weight excluding hydrogens is 330 g/mol. The molecule has 0 bridgehead atoms. The lowest BCUT2D eigenvalue weighted by Crippen LogP contribution is -2.38. The summed E-state index contributed by atoms with van der Waals surface area (Å²) in [6.45, 7) is 4.82. The van der Waals surface area contributed by atoms with Gasteiger partial charge in [-0.05, 0) is 30.7 Å². The number of hydrogen-bond donors (Lipinski definition) is 0. The van der Waals surface area contributed by atoms with E-state index in [9.17, 15) is 4.79 Å². The smallest absolute Gasteiger partial charge is 0.341 e. The molecule has 24 heavy (non-hydrogen) atoms. The number of morpholine rings is 1. The first kappa shape index (κ1) is 17.0. The fraction of sp³-hybridized carbons (Fsp3) is 0.389. The van der Waals surface area contributed by atoms with E-state index < -0.39 is 0 Å². The van der Waals surface area contributed by atoms with Gasteiger partial charge in [0.25, 0.3) is 0 Å². The van der Waals surface area contributed by atoms with Crippen molar-refractivity contribution in [2.45, 2.75) is 19.6 Å². The largest absolute Gasteiger partial charge is 0.467 e. The van der Waals surface area contributed by atoms with E-state index in [2.05, 4.69) is 4.90 Å². The molecule has 128 valence electrons. The Morgan fingerprint density at radius 3 is 2.88 bits per heavy atom. The van der Waals surface area contributed by atoms with Crippen LogP contribution in [0, 0.1) is 0 Å². The highest BCUT2D eigenvalue weighted by Crippen LogP contribution is 2.25. The minimum Gasteiger partial charge on any atom is -0.467 e. The number of nitrogens with zero attached hydrogens (tertiary/aromatic N) is 1. The van der Waals surface area contributed by atoms with Crippen LogP contribution in [-0.2, 0) is 16.0 Å². The van der Waals surface area contributed by atoms with Gasteiger partial charge in [-0.1, -0.05) is 23.7 Å². The molecule has 1 saturated heterocycles. The molecule has 0 amide bonds. The average Bonchev–Trinajstić information content (AvgIpc) is 3.04. The molecule has 1 atom stereocenters. The molecule has 0 spiro atoms. The van der Waals surface area contributed by atoms with Gasteiger partial charge in [0.15, 0.2) is 0 Å². The first-order chi connectivity index (χ1) is 11.7. The Morgan fingerprint density at radius 1 is 1.33 bits per heavy atom. The molecule has 3 rings (SSSR count). The zero-order valence-electron chi connectivity index (χ0n) is 13.5. The fourth-order valence-electron chi connectivity index (χ4n) is 2.78. The number of halogens is 1. The quantitative estimate of drug-likeness (QED) is 0.771. The highest BCUT2D eigenvalue weighted by Gasteiger charge is 2.25. The zero-order valence-corrected chi connectivity index (χ0v) is 14.3. The first-order valence-electron chi connectivity index (χ1n) is 8.00. The van der Waals surface area contributed by atoms with Gasteiger partial charge < -0.3 is 13.9 Å². The van der Waals surface area contributed by atoms with Crippen molar-refractivity contribution >= 4 is 17.6 Å². The molecule has 1 aliphatic rings. The molecule has 1 fully saturated rings. The molecule has 0 unspecified atom stereocenters. The minimum atomic E-state index is -0.344. The van der Waals surface area contributed by atoms with Crippen LogP contribution in [-0.4, -0.2) is 37.2 Å². The SMILES string of the molecule is CCOC(=O)c1ccoc1CN1CCO[C@@H](c2ccc(Cl)cc2)C1. The number of rotatable bonds is 5. The van der Waals surface area contributed by atoms with Gasteiger partial charge in [-0.15, -0.1) is 0 Å². The Hall–Kier alpha value is -1.82. The maximum absolute atomic E-state index is 11.9. The third-order valence-electron chi connectivity index (χ3n) is 4.00. The summed E-state index contributed by atoms with van der Waals surface area (Å²) in [5, 5.41) is 0.709. The van der Waals surface area contributed by atoms with Gasteiger partial charge in [-0.25, -0.2) is 4.79 Å². The van der Waals surface area contributed by atoms with Crippen LogP contribution in [0.3, 0.4) is 0 Å². The number of ether oxygens (including phenoxy) is 2. The normalized spacial score (nSPS) is 18.5. The Balaban J connectivity index is 1.67. The lowest BCUT2D eigenvalue weighted by molar-refractivity contribution is -0.0348. The van der Waals surface area contributed by atoms with Gasteiger partial charge in [0.2, 0.25) is 0 Å². The Labute approximate surface area is 146 Å². The lowest BCUT2D eigenvalue weighted by Gasteiger charge is -2.32. The molecule has 0 aliphatic carbocycles. The third-order valence-corrected chi connectivity index (χ3v) is 4.25. The van der Waals surface area contributed by atoms with E-state index in [4.69, 9.17) is 25.5 Å². The molecule has 1 aromatic carbocycles. The highest BCUT2D eigenvalue weighted by atomic mass is 35.5. The predicted octanol–water partition coefficient (Wildman–Crippen LogP) is 3.68. The number of benzene rings is 1. The van der Waals surface area contributed by atoms with Crippen LogP contribution in [0.15, 0.2) is 41.0 Å². The van der Waals surface area contributed by atoms with Gasteiger partial charge in [-0.3, -0.25) is 4.90 Å². The summed E-state index contributed by atoms with van der Waals surface area (Å²) >= 11 is 5.94. The second-order valence-corrected chi connectivity index (χ2v) is 6.06. The second-order valence-electron chi connectivity index (χ2n) is 5.62. The molecule has 2 heterocycles. The van der Waals surface area contributed by atoms with Crippen LogP contribution in [0.1, 0.15) is 34.7 Å². The van der Waals surface area contributed by atoms with Crippen LogP contribution in [0.4, 0.5) is 0 Å². The summed E-state index contributed by atoms with van der Waals surface area (Å²) in [6.07, 6.45) is 1.51. The monoisotopic (exact) mass is 349 g/mol. The fourth-order valence-corrected chi connectivity index (χ4v) is 2.91. The number of esters is 1. The molecule has 0 saturated carbocycles. The molecular formula is C18H20ClNO4. The summed E-state index contributed by atoms with van der Waals surface area (Å²) in [4.78, 5) is 14.2. The van der Waals surface area contributed by atoms with Crippen molar-refractivity contribution in [3.8, 4) is 0 Å². The van der Waals surface area contributed by atoms with Gasteiger partial charge in [-0.2, -0.15) is 0 Å². The number of carbonyl (C=O) groups excluding carboxylic acids is 1. The zero-order chi connectivity index (χ0) is 16.9. The van der Waals surface area contributed by atoms with Crippen molar-refractivity contribution in [3.05, 3.63) is 58.5 Å². The van der Waals surface area contributed by atoms with E-state index in [1.807, 2.05) is 24.3 Å². The molecule has 1 aliphatic heterocycles. The molecule has 5 nitrogen and oxygen atoms in total. The van der Waals surface area contributed by atoms with Gasteiger partial charge in [0.1, 0.15) is 11.3 Å². The van der Waals surface area contributed by atoms with Crippen molar-refractivity contribution in [2.75, 3.05) is 26.3 Å². The summed E-state index contributed by atoms with van der Waals surface area (Å²) in [5.41, 5.74) is 1.58. The summed E-state index contributed by atoms with van der Waals surface area (Å²) in [7, 11) is 0. The van der Waals surface area contributed by atoms with Crippen LogP contribution >= 0.6 is 11.6 Å². The van der Waals surface area contributed by atoms with Crippen LogP contribution in [0.2, 0.25) is 5.02 Å². The summed E-state index contributed by atoms with van der Waals surface area (Å²) < 4.78 is 16.4. The standard InChI is InChI=1S/C18H20ClNO4/c1-2-22-18(21)15-7-9-23-17(15)12-20-8-10-24-16(11-20)13-3-5-14(19)6-4-13/h3-7,9,16H,2,8,10-12H2,1H3/t16-/m1/s1. The Kier molecular flexibility index (Phi) is 5.56. The number of carbonyl (C=O) groups is 1. The minimum absolute atomic E-state index is 0.0166. The number of hydrogen-bond acceptors (Lipinski definition) is 5. The Bertz CT molecular complexity index is 683. The second kappa shape index (κ2) is 7.83. The van der Waals surface area contributed by atoms with E-state index in [1.54, 1.807) is 13.0 Å². The maximum Gasteiger partial charge on any atom is 0.341 e. The topological polar surface area (TPSA) is 51.9 Å². The lowest BCUT2D eigenvalue weighted by atomic mass is 10.1. The molecule has 2 aromatic rings. The molecule has 0 radical (unpaired) electrons. The predicted molar refractivity (Wildman–Crippen MR) is 90.1 cm³/mol. The van der Waals surface area contributed by atoms with Gasteiger partial charge in [0.05, 0.1) is 32.1 Å². The van der Waals surface area contributed by atoms with E-state index in [0.29, 0.717) is 36.1 Å². The molecule has 6 heteroatoms.